The second-order valence-electron chi connectivity index (χ2n) is 5.12. The molecule has 0 bridgehead atoms. The second-order valence-corrected chi connectivity index (χ2v) is 5.12. The lowest BCUT2D eigenvalue weighted by Crippen LogP contribution is -2.19. The van der Waals surface area contributed by atoms with Gasteiger partial charge < -0.3 is 4.74 Å². The lowest BCUT2D eigenvalue weighted by atomic mass is 10.3. The van der Waals surface area contributed by atoms with Crippen molar-refractivity contribution in [3.8, 4) is 5.75 Å². The van der Waals surface area contributed by atoms with E-state index in [-0.39, 0.29) is 6.10 Å². The van der Waals surface area contributed by atoms with Crippen molar-refractivity contribution in [1.29, 1.82) is 0 Å². The van der Waals surface area contributed by atoms with E-state index in [0.717, 1.165) is 17.1 Å². The fourth-order valence-corrected chi connectivity index (χ4v) is 2.10. The molecule has 3 nitrogen and oxygen atoms in total. The van der Waals surface area contributed by atoms with Crippen molar-refractivity contribution in [3.63, 3.8) is 0 Å². The van der Waals surface area contributed by atoms with Gasteiger partial charge in [-0.2, -0.15) is 0 Å². The number of benzene rings is 3. The SMILES string of the molecule is C(=Nc1ccccc1)C(C=Nc1ccccc1)Oc1ccccc1. The molecule has 3 aromatic rings. The average Bonchev–Trinajstić information content (AvgIpc) is 2.66. The van der Waals surface area contributed by atoms with Gasteiger partial charge in [-0.15, -0.1) is 0 Å². The molecule has 0 aromatic heterocycles. The zero-order chi connectivity index (χ0) is 16.5. The Balaban J connectivity index is 1.77. The molecular formula is C21H18N2O. The third-order valence-corrected chi connectivity index (χ3v) is 3.27. The number of hydrogen-bond acceptors (Lipinski definition) is 3. The van der Waals surface area contributed by atoms with Gasteiger partial charge in [-0.1, -0.05) is 54.6 Å². The topological polar surface area (TPSA) is 34.0 Å². The van der Waals surface area contributed by atoms with Gasteiger partial charge in [0.05, 0.1) is 23.8 Å². The minimum Gasteiger partial charge on any atom is -0.479 e. The molecule has 0 aliphatic carbocycles. The molecule has 0 amide bonds. The fourth-order valence-electron chi connectivity index (χ4n) is 2.10. The molecular weight excluding hydrogens is 296 g/mol. The Morgan fingerprint density at radius 2 is 1.00 bits per heavy atom. The van der Waals surface area contributed by atoms with Crippen LogP contribution in [-0.2, 0) is 0 Å². The van der Waals surface area contributed by atoms with Crippen LogP contribution in [0.25, 0.3) is 0 Å². The maximum atomic E-state index is 5.96. The Morgan fingerprint density at radius 3 is 1.46 bits per heavy atom. The molecule has 3 aromatic carbocycles. The summed E-state index contributed by atoms with van der Waals surface area (Å²) in [4.78, 5) is 8.95. The van der Waals surface area contributed by atoms with Crippen LogP contribution in [-0.4, -0.2) is 18.5 Å². The molecule has 3 rings (SSSR count). The molecule has 0 saturated carbocycles. The molecule has 118 valence electrons. The summed E-state index contributed by atoms with van der Waals surface area (Å²) in [6.07, 6.45) is 3.16. The molecule has 3 heteroatoms. The minimum absolute atomic E-state index is 0.354. The van der Waals surface area contributed by atoms with Gasteiger partial charge in [0.1, 0.15) is 5.75 Å². The van der Waals surface area contributed by atoms with Crippen LogP contribution in [0, 0.1) is 0 Å². The van der Waals surface area contributed by atoms with Crippen molar-refractivity contribution in [2.45, 2.75) is 6.10 Å². The molecule has 0 heterocycles. The molecule has 0 aliphatic rings. The lowest BCUT2D eigenvalue weighted by molar-refractivity contribution is 0.337. The van der Waals surface area contributed by atoms with Gasteiger partial charge in [0.15, 0.2) is 6.10 Å². The van der Waals surface area contributed by atoms with Crippen LogP contribution in [0.3, 0.4) is 0 Å². The third kappa shape index (κ3) is 4.92. The van der Waals surface area contributed by atoms with Gasteiger partial charge in [0.2, 0.25) is 0 Å². The molecule has 24 heavy (non-hydrogen) atoms. The van der Waals surface area contributed by atoms with E-state index in [9.17, 15) is 0 Å². The maximum Gasteiger partial charge on any atom is 0.169 e. The number of rotatable bonds is 6. The van der Waals surface area contributed by atoms with Gasteiger partial charge in [0.25, 0.3) is 0 Å². The van der Waals surface area contributed by atoms with E-state index >= 15 is 0 Å². The standard InChI is InChI=1S/C21H18N2O/c1-4-10-18(11-5-1)22-16-21(24-20-14-8-3-9-15-20)17-23-19-12-6-2-7-13-19/h1-17,21H. The first-order chi connectivity index (χ1) is 11.9. The predicted molar refractivity (Wildman–Crippen MR) is 100 cm³/mol. The first-order valence-corrected chi connectivity index (χ1v) is 7.80. The lowest BCUT2D eigenvalue weighted by Gasteiger charge is -2.10. The first kappa shape index (κ1) is 15.7. The van der Waals surface area contributed by atoms with Gasteiger partial charge in [-0.05, 0) is 36.4 Å². The molecule has 0 spiro atoms. The van der Waals surface area contributed by atoms with E-state index in [4.69, 9.17) is 4.74 Å². The van der Waals surface area contributed by atoms with E-state index in [2.05, 4.69) is 9.98 Å². The van der Waals surface area contributed by atoms with E-state index in [0.29, 0.717) is 0 Å². The Labute approximate surface area is 142 Å². The smallest absolute Gasteiger partial charge is 0.169 e. The van der Waals surface area contributed by atoms with Crippen molar-refractivity contribution < 1.29 is 4.74 Å². The zero-order valence-electron chi connectivity index (χ0n) is 13.2. The van der Waals surface area contributed by atoms with Crippen molar-refractivity contribution >= 4 is 23.8 Å². The van der Waals surface area contributed by atoms with E-state index in [1.807, 2.05) is 91.0 Å². The summed E-state index contributed by atoms with van der Waals surface area (Å²) in [7, 11) is 0. The van der Waals surface area contributed by atoms with Crippen LogP contribution in [0.15, 0.2) is 101 Å². The van der Waals surface area contributed by atoms with Gasteiger partial charge in [-0.25, -0.2) is 0 Å². The summed E-state index contributed by atoms with van der Waals surface area (Å²) in [5.74, 6) is 0.779. The van der Waals surface area contributed by atoms with Crippen molar-refractivity contribution in [2.75, 3.05) is 0 Å². The number of hydrogen-bond donors (Lipinski definition) is 0. The summed E-state index contributed by atoms with van der Waals surface area (Å²) in [6, 6.07) is 29.2. The van der Waals surface area contributed by atoms with Crippen LogP contribution in [0.2, 0.25) is 0 Å². The summed E-state index contributed by atoms with van der Waals surface area (Å²) < 4.78 is 5.96. The minimum atomic E-state index is -0.354. The third-order valence-electron chi connectivity index (χ3n) is 3.27. The normalized spacial score (nSPS) is 12.5. The Morgan fingerprint density at radius 1 is 0.583 bits per heavy atom. The van der Waals surface area contributed by atoms with Gasteiger partial charge in [0, 0.05) is 0 Å². The Kier molecular flexibility index (Phi) is 5.51. The van der Waals surface area contributed by atoms with Crippen molar-refractivity contribution in [1.82, 2.24) is 0 Å². The van der Waals surface area contributed by atoms with Crippen LogP contribution in [0.4, 0.5) is 11.4 Å². The highest BCUT2D eigenvalue weighted by molar-refractivity contribution is 5.89. The molecule has 0 saturated heterocycles. The molecule has 0 N–H and O–H groups in total. The van der Waals surface area contributed by atoms with Crippen LogP contribution < -0.4 is 4.74 Å². The highest BCUT2D eigenvalue weighted by Crippen LogP contribution is 2.14. The van der Waals surface area contributed by atoms with E-state index in [1.54, 1.807) is 12.4 Å². The first-order valence-electron chi connectivity index (χ1n) is 7.80. The second kappa shape index (κ2) is 8.44. The highest BCUT2D eigenvalue weighted by Gasteiger charge is 2.04. The summed E-state index contributed by atoms with van der Waals surface area (Å²) >= 11 is 0. The molecule has 0 aliphatic heterocycles. The molecule has 0 radical (unpaired) electrons. The van der Waals surface area contributed by atoms with Crippen LogP contribution in [0.5, 0.6) is 5.75 Å². The van der Waals surface area contributed by atoms with Gasteiger partial charge >= 0.3 is 0 Å². The van der Waals surface area contributed by atoms with E-state index in [1.165, 1.54) is 0 Å². The summed E-state index contributed by atoms with van der Waals surface area (Å²) in [5, 5.41) is 0. The monoisotopic (exact) mass is 314 g/mol. The van der Waals surface area contributed by atoms with Crippen LogP contribution >= 0.6 is 0 Å². The quantitative estimate of drug-likeness (QED) is 0.573. The number of ether oxygens (including phenoxy) is 1. The highest BCUT2D eigenvalue weighted by atomic mass is 16.5. The van der Waals surface area contributed by atoms with Crippen LogP contribution in [0.1, 0.15) is 0 Å². The van der Waals surface area contributed by atoms with Gasteiger partial charge in [-0.3, -0.25) is 9.98 Å². The van der Waals surface area contributed by atoms with Crippen molar-refractivity contribution in [3.05, 3.63) is 91.0 Å². The van der Waals surface area contributed by atoms with E-state index < -0.39 is 0 Å². The Hall–Kier alpha value is -3.20. The van der Waals surface area contributed by atoms with Crippen molar-refractivity contribution in [2.24, 2.45) is 9.98 Å². The summed E-state index contributed by atoms with van der Waals surface area (Å²) in [5.41, 5.74) is 1.76. The Bertz CT molecular complexity index is 734. The summed E-state index contributed by atoms with van der Waals surface area (Å²) in [6.45, 7) is 0. The predicted octanol–water partition coefficient (Wildman–Crippen LogP) is 5.24. The molecule has 0 unspecified atom stereocenters. The number of aliphatic imine (C=N–C) groups is 2. The largest absolute Gasteiger partial charge is 0.479 e. The zero-order valence-corrected chi connectivity index (χ0v) is 13.2. The fraction of sp³-hybridized carbons (Fsp3) is 0.0476. The molecule has 0 atom stereocenters. The molecule has 0 fully saturated rings. The maximum absolute atomic E-state index is 5.96. The number of para-hydroxylation sites is 3. The number of nitrogens with zero attached hydrogens (tertiary/aromatic N) is 2. The average molecular weight is 314 g/mol.